The average Bonchev–Trinajstić information content (AvgIpc) is 3.01. The summed E-state index contributed by atoms with van der Waals surface area (Å²) in [6.45, 7) is 0.234. The third kappa shape index (κ3) is 4.35. The maximum atomic E-state index is 13.0. The molecule has 1 fully saturated rings. The van der Waals surface area contributed by atoms with Gasteiger partial charge in [-0.05, 0) is 17.7 Å². The molecule has 10 heteroatoms. The van der Waals surface area contributed by atoms with Crippen LogP contribution in [-0.2, 0) is 25.8 Å². The van der Waals surface area contributed by atoms with E-state index in [0.29, 0.717) is 5.56 Å². The van der Waals surface area contributed by atoms with Crippen molar-refractivity contribution in [2.24, 2.45) is 11.8 Å². The molecule has 2 atom stereocenters. The highest BCUT2D eigenvalue weighted by atomic mass is 32.2. The second-order valence-corrected chi connectivity index (χ2v) is 8.40. The van der Waals surface area contributed by atoms with Crippen molar-refractivity contribution < 1.29 is 36.3 Å². The number of nitrogens with zero attached hydrogens (tertiary/aromatic N) is 1. The Kier molecular flexibility index (Phi) is 5.64. The standard InChI is InChI=1S/C16H18F3NO5S/c1-2-26(24,25)11-5-3-4-10(6-11)7-14(21)20-8-12(15(22)23)13(9-20)16(17,18)19/h3-6,12-13H,2,7-9H2,1H3,(H,22,23)/t12-,13-/m1/s1. The van der Waals surface area contributed by atoms with Crippen LogP contribution in [0.2, 0.25) is 0 Å². The molecule has 1 aromatic carbocycles. The quantitative estimate of drug-likeness (QED) is 0.823. The first kappa shape index (κ1) is 20.2. The van der Waals surface area contributed by atoms with Crippen LogP contribution in [0.15, 0.2) is 29.2 Å². The summed E-state index contributed by atoms with van der Waals surface area (Å²) >= 11 is 0. The smallest absolute Gasteiger partial charge is 0.394 e. The zero-order valence-corrected chi connectivity index (χ0v) is 14.7. The Bertz CT molecular complexity index is 806. The lowest BCUT2D eigenvalue weighted by Gasteiger charge is -2.18. The lowest BCUT2D eigenvalue weighted by Crippen LogP contribution is -2.34. The van der Waals surface area contributed by atoms with Crippen molar-refractivity contribution >= 4 is 21.7 Å². The molecule has 1 aliphatic rings. The van der Waals surface area contributed by atoms with E-state index in [1.54, 1.807) is 0 Å². The van der Waals surface area contributed by atoms with E-state index in [2.05, 4.69) is 0 Å². The van der Waals surface area contributed by atoms with E-state index in [1.165, 1.54) is 31.2 Å². The van der Waals surface area contributed by atoms with Gasteiger partial charge in [0.15, 0.2) is 9.84 Å². The van der Waals surface area contributed by atoms with E-state index in [1.807, 2.05) is 0 Å². The van der Waals surface area contributed by atoms with Crippen LogP contribution < -0.4 is 0 Å². The topological polar surface area (TPSA) is 91.8 Å². The fourth-order valence-corrected chi connectivity index (χ4v) is 3.84. The van der Waals surface area contributed by atoms with Gasteiger partial charge in [-0.2, -0.15) is 13.2 Å². The molecular weight excluding hydrogens is 375 g/mol. The monoisotopic (exact) mass is 393 g/mol. The number of alkyl halides is 3. The number of sulfone groups is 1. The van der Waals surface area contributed by atoms with Crippen LogP contribution in [-0.4, -0.2) is 55.3 Å². The molecule has 144 valence electrons. The zero-order valence-electron chi connectivity index (χ0n) is 13.9. The van der Waals surface area contributed by atoms with E-state index >= 15 is 0 Å². The number of carbonyl (C=O) groups is 2. The van der Waals surface area contributed by atoms with Crippen LogP contribution in [0.3, 0.4) is 0 Å². The van der Waals surface area contributed by atoms with Crippen molar-refractivity contribution in [1.29, 1.82) is 0 Å². The van der Waals surface area contributed by atoms with Gasteiger partial charge in [0.05, 0.1) is 28.9 Å². The molecule has 0 aromatic heterocycles. The second kappa shape index (κ2) is 7.26. The van der Waals surface area contributed by atoms with Crippen LogP contribution in [0.5, 0.6) is 0 Å². The van der Waals surface area contributed by atoms with Gasteiger partial charge in [0.2, 0.25) is 5.91 Å². The van der Waals surface area contributed by atoms with Crippen molar-refractivity contribution in [1.82, 2.24) is 4.90 Å². The maximum Gasteiger partial charge on any atom is 0.394 e. The SMILES string of the molecule is CCS(=O)(=O)c1cccc(CC(=O)N2C[C@@H](C(F)(F)F)[C@H](C(=O)O)C2)c1. The molecule has 1 aromatic rings. The summed E-state index contributed by atoms with van der Waals surface area (Å²) in [5.74, 6) is -6.21. The number of benzene rings is 1. The number of likely N-dealkylation sites (tertiary alicyclic amines) is 1. The summed E-state index contributed by atoms with van der Waals surface area (Å²) in [6.07, 6.45) is -5.02. The number of carbonyl (C=O) groups excluding carboxylic acids is 1. The van der Waals surface area contributed by atoms with Crippen LogP contribution in [0, 0.1) is 11.8 Å². The maximum absolute atomic E-state index is 13.0. The molecule has 0 spiro atoms. The van der Waals surface area contributed by atoms with E-state index < -0.39 is 52.8 Å². The van der Waals surface area contributed by atoms with Crippen molar-refractivity contribution in [2.45, 2.75) is 24.4 Å². The Morgan fingerprint density at radius 3 is 2.42 bits per heavy atom. The first-order valence-corrected chi connectivity index (χ1v) is 9.50. The van der Waals surface area contributed by atoms with Crippen LogP contribution in [0.25, 0.3) is 0 Å². The van der Waals surface area contributed by atoms with Crippen LogP contribution in [0.1, 0.15) is 12.5 Å². The van der Waals surface area contributed by atoms with Crippen molar-refractivity contribution in [3.8, 4) is 0 Å². The number of carboxylic acid groups (broad SMARTS) is 1. The molecular formula is C16H18F3NO5S. The summed E-state index contributed by atoms with van der Waals surface area (Å²) < 4.78 is 62.7. The largest absolute Gasteiger partial charge is 0.481 e. The van der Waals surface area contributed by atoms with Crippen molar-refractivity contribution in [2.75, 3.05) is 18.8 Å². The lowest BCUT2D eigenvalue weighted by atomic mass is 9.96. The number of aliphatic carboxylic acids is 1. The fourth-order valence-electron chi connectivity index (χ4n) is 2.89. The van der Waals surface area contributed by atoms with Gasteiger partial charge in [0.1, 0.15) is 0 Å². The van der Waals surface area contributed by atoms with E-state index in [4.69, 9.17) is 5.11 Å². The van der Waals surface area contributed by atoms with Crippen LogP contribution >= 0.6 is 0 Å². The van der Waals surface area contributed by atoms with Crippen LogP contribution in [0.4, 0.5) is 13.2 Å². The predicted molar refractivity (Wildman–Crippen MR) is 85.1 cm³/mol. The first-order chi connectivity index (χ1) is 12.0. The van der Waals surface area contributed by atoms with Crippen molar-refractivity contribution in [3.63, 3.8) is 0 Å². The highest BCUT2D eigenvalue weighted by Gasteiger charge is 2.53. The molecule has 1 amide bonds. The van der Waals surface area contributed by atoms with E-state index in [9.17, 15) is 31.2 Å². The highest BCUT2D eigenvalue weighted by Crippen LogP contribution is 2.37. The molecule has 1 aliphatic heterocycles. The third-order valence-electron chi connectivity index (χ3n) is 4.40. The van der Waals surface area contributed by atoms with Crippen molar-refractivity contribution in [3.05, 3.63) is 29.8 Å². The minimum Gasteiger partial charge on any atom is -0.481 e. The summed E-state index contributed by atoms with van der Waals surface area (Å²) in [6, 6.07) is 5.64. The molecule has 0 aliphatic carbocycles. The molecule has 2 rings (SSSR count). The molecule has 1 N–H and O–H groups in total. The number of hydrogen-bond donors (Lipinski definition) is 1. The summed E-state index contributed by atoms with van der Waals surface area (Å²) in [5.41, 5.74) is 0.340. The third-order valence-corrected chi connectivity index (χ3v) is 6.14. The number of halogens is 3. The lowest BCUT2D eigenvalue weighted by molar-refractivity contribution is -0.188. The van der Waals surface area contributed by atoms with Gasteiger partial charge in [0, 0.05) is 13.1 Å². The minimum absolute atomic E-state index is 0.0308. The van der Waals surface area contributed by atoms with Gasteiger partial charge in [-0.3, -0.25) is 9.59 Å². The molecule has 6 nitrogen and oxygen atoms in total. The minimum atomic E-state index is -4.72. The summed E-state index contributed by atoms with van der Waals surface area (Å²) in [5, 5.41) is 8.98. The number of hydrogen-bond acceptors (Lipinski definition) is 4. The number of rotatable bonds is 5. The molecule has 0 bridgehead atoms. The predicted octanol–water partition coefficient (Wildman–Crippen LogP) is 1.74. The summed E-state index contributed by atoms with van der Waals surface area (Å²) in [7, 11) is -3.48. The van der Waals surface area contributed by atoms with Gasteiger partial charge in [-0.15, -0.1) is 0 Å². The van der Waals surface area contributed by atoms with E-state index in [0.717, 1.165) is 4.90 Å². The van der Waals surface area contributed by atoms with Gasteiger partial charge < -0.3 is 10.0 Å². The molecule has 26 heavy (non-hydrogen) atoms. The van der Waals surface area contributed by atoms with Gasteiger partial charge in [0.25, 0.3) is 0 Å². The number of amides is 1. The highest BCUT2D eigenvalue weighted by molar-refractivity contribution is 7.91. The summed E-state index contributed by atoms with van der Waals surface area (Å²) in [4.78, 5) is 24.3. The Morgan fingerprint density at radius 1 is 1.27 bits per heavy atom. The normalized spacial score (nSPS) is 21.0. The Morgan fingerprint density at radius 2 is 1.92 bits per heavy atom. The Balaban J connectivity index is 2.16. The number of carboxylic acids is 1. The fraction of sp³-hybridized carbons (Fsp3) is 0.500. The van der Waals surface area contributed by atoms with Gasteiger partial charge >= 0.3 is 12.1 Å². The first-order valence-electron chi connectivity index (χ1n) is 7.84. The average molecular weight is 393 g/mol. The molecule has 1 heterocycles. The molecule has 0 unspecified atom stereocenters. The van der Waals surface area contributed by atoms with Gasteiger partial charge in [-0.1, -0.05) is 19.1 Å². The Labute approximate surface area is 148 Å². The van der Waals surface area contributed by atoms with Gasteiger partial charge in [-0.25, -0.2) is 8.42 Å². The molecule has 0 saturated carbocycles. The van der Waals surface area contributed by atoms with E-state index in [-0.39, 0.29) is 17.1 Å². The molecule has 0 radical (unpaired) electrons. The Hall–Kier alpha value is -2.10. The zero-order chi connectivity index (χ0) is 19.7. The second-order valence-electron chi connectivity index (χ2n) is 6.12. The molecule has 1 saturated heterocycles.